The van der Waals surface area contributed by atoms with Crippen LogP contribution < -0.4 is 5.48 Å². The quantitative estimate of drug-likeness (QED) is 0.324. The van der Waals surface area contributed by atoms with Gasteiger partial charge < -0.3 is 0 Å². The summed E-state index contributed by atoms with van der Waals surface area (Å²) in [5, 5.41) is 8.69. The van der Waals surface area contributed by atoms with Crippen LogP contribution in [0.3, 0.4) is 0 Å². The van der Waals surface area contributed by atoms with Crippen LogP contribution in [0.15, 0.2) is 71.2 Å². The minimum Gasteiger partial charge on any atom is -0.288 e. The van der Waals surface area contributed by atoms with Gasteiger partial charge in [-0.25, -0.2) is 35.8 Å². The largest absolute Gasteiger partial charge is 0.288 e. The smallest absolute Gasteiger partial charge is 0.274 e. The lowest BCUT2D eigenvalue weighted by Gasteiger charge is -2.27. The number of nitrogens with one attached hydrogen (secondary N) is 1. The molecule has 1 aliphatic carbocycles. The molecule has 34 heavy (non-hydrogen) atoms. The minimum atomic E-state index is -4.88. The van der Waals surface area contributed by atoms with Crippen LogP contribution in [0.2, 0.25) is 0 Å². The van der Waals surface area contributed by atoms with E-state index in [0.717, 1.165) is 6.07 Å². The van der Waals surface area contributed by atoms with Crippen LogP contribution >= 0.6 is 0 Å². The maximum Gasteiger partial charge on any atom is 0.274 e. The summed E-state index contributed by atoms with van der Waals surface area (Å²) in [5.74, 6) is -5.31. The zero-order valence-electron chi connectivity index (χ0n) is 17.4. The van der Waals surface area contributed by atoms with Crippen molar-refractivity contribution < 1.29 is 40.4 Å². The van der Waals surface area contributed by atoms with E-state index in [1.807, 2.05) is 0 Å². The summed E-state index contributed by atoms with van der Waals surface area (Å²) in [6.07, 6.45) is -6.17. The molecule has 0 radical (unpaired) electrons. The van der Waals surface area contributed by atoms with Crippen LogP contribution in [0, 0.1) is 5.82 Å². The highest BCUT2D eigenvalue weighted by Gasteiger charge is 2.43. The van der Waals surface area contributed by atoms with E-state index < -0.39 is 63.7 Å². The molecule has 6 nitrogen and oxygen atoms in total. The number of carbonyl (C=O) groups is 1. The number of hydrogen-bond acceptors (Lipinski definition) is 4. The van der Waals surface area contributed by atoms with Gasteiger partial charge in [0.05, 0.1) is 0 Å². The number of rotatable bonds is 8. The lowest BCUT2D eigenvalue weighted by atomic mass is 10.1. The first-order valence-corrected chi connectivity index (χ1v) is 11.3. The Bertz CT molecular complexity index is 1230. The third-order valence-electron chi connectivity index (χ3n) is 5.17. The zero-order chi connectivity index (χ0) is 25.0. The second-order valence-corrected chi connectivity index (χ2v) is 9.30. The topological polar surface area (TPSA) is 86.7 Å². The highest BCUT2D eigenvalue weighted by atomic mass is 32.2. The van der Waals surface area contributed by atoms with Crippen molar-refractivity contribution in [3.8, 4) is 0 Å². The number of amides is 1. The average Bonchev–Trinajstić information content (AvgIpc) is 2.83. The van der Waals surface area contributed by atoms with Crippen LogP contribution in [0.5, 0.6) is 0 Å². The molecule has 0 saturated carbocycles. The van der Waals surface area contributed by atoms with Crippen molar-refractivity contribution >= 4 is 15.9 Å². The van der Waals surface area contributed by atoms with Crippen molar-refractivity contribution in [3.05, 3.63) is 93.7 Å². The summed E-state index contributed by atoms with van der Waals surface area (Å²) in [6.45, 7) is -0.844. The van der Waals surface area contributed by atoms with Crippen molar-refractivity contribution in [2.24, 2.45) is 0 Å². The van der Waals surface area contributed by atoms with Gasteiger partial charge >= 0.3 is 0 Å². The molecular formula is C22H19F5N2O4S. The molecule has 182 valence electrons. The number of hydrogen-bond donors (Lipinski definition) is 2. The second-order valence-electron chi connectivity index (χ2n) is 7.36. The lowest BCUT2D eigenvalue weighted by molar-refractivity contribution is 0.0706. The Kier molecular flexibility index (Phi) is 7.85. The Balaban J connectivity index is 1.96. The van der Waals surface area contributed by atoms with E-state index in [9.17, 15) is 35.2 Å². The summed E-state index contributed by atoms with van der Waals surface area (Å²) in [4.78, 5) is 10.2. The maximum absolute atomic E-state index is 14.5. The number of sulfonamides is 1. The van der Waals surface area contributed by atoms with Crippen LogP contribution in [-0.2, 0) is 23.0 Å². The van der Waals surface area contributed by atoms with Gasteiger partial charge in [0.1, 0.15) is 10.7 Å². The Hall–Kier alpha value is -3.09. The molecule has 0 aliphatic heterocycles. The van der Waals surface area contributed by atoms with Gasteiger partial charge in [-0.1, -0.05) is 30.3 Å². The molecule has 2 aromatic carbocycles. The van der Waals surface area contributed by atoms with E-state index in [1.165, 1.54) is 47.9 Å². The maximum atomic E-state index is 14.5. The van der Waals surface area contributed by atoms with Crippen molar-refractivity contribution in [1.29, 1.82) is 0 Å². The SMILES string of the molecule is O=C(NO)c1ccc(CN(CCc2ccccc2F)S(=O)(=O)C2=CC(F)=C(F)C(F)C2F)cc1. The summed E-state index contributed by atoms with van der Waals surface area (Å²) in [7, 11) is -4.88. The fraction of sp³-hybridized carbons (Fsp3) is 0.227. The van der Waals surface area contributed by atoms with Crippen LogP contribution in [-0.4, -0.2) is 42.7 Å². The van der Waals surface area contributed by atoms with Gasteiger partial charge in [0.2, 0.25) is 10.0 Å². The van der Waals surface area contributed by atoms with Gasteiger partial charge in [0, 0.05) is 18.7 Å². The highest BCUT2D eigenvalue weighted by Crippen LogP contribution is 2.35. The van der Waals surface area contributed by atoms with Crippen molar-refractivity contribution in [3.63, 3.8) is 0 Å². The normalized spacial score (nSPS) is 18.7. The first kappa shape index (κ1) is 25.5. The number of halogens is 5. The molecule has 3 rings (SSSR count). The Morgan fingerprint density at radius 3 is 2.26 bits per heavy atom. The molecule has 1 aliphatic rings. The molecule has 0 heterocycles. The molecule has 2 atom stereocenters. The van der Waals surface area contributed by atoms with Crippen LogP contribution in [0.1, 0.15) is 21.5 Å². The van der Waals surface area contributed by atoms with E-state index in [1.54, 1.807) is 0 Å². The number of hydroxylamine groups is 1. The minimum absolute atomic E-state index is 0.0498. The molecule has 0 bridgehead atoms. The molecule has 2 aromatic rings. The number of carbonyl (C=O) groups excluding carboxylic acids is 1. The van der Waals surface area contributed by atoms with E-state index >= 15 is 0 Å². The lowest BCUT2D eigenvalue weighted by Crippen LogP contribution is -2.39. The third-order valence-corrected chi connectivity index (χ3v) is 7.10. The van der Waals surface area contributed by atoms with Gasteiger partial charge in [-0.2, -0.15) is 4.31 Å². The van der Waals surface area contributed by atoms with Crippen LogP contribution in [0.25, 0.3) is 0 Å². The molecule has 1 amide bonds. The number of benzene rings is 2. The molecule has 0 spiro atoms. The van der Waals surface area contributed by atoms with Gasteiger partial charge in [-0.15, -0.1) is 0 Å². The van der Waals surface area contributed by atoms with E-state index in [-0.39, 0.29) is 29.2 Å². The summed E-state index contributed by atoms with van der Waals surface area (Å²) >= 11 is 0. The van der Waals surface area contributed by atoms with E-state index in [0.29, 0.717) is 4.31 Å². The molecule has 2 N–H and O–H groups in total. The molecule has 12 heteroatoms. The Labute approximate surface area is 192 Å². The number of nitrogens with zero attached hydrogens (tertiary/aromatic N) is 1. The molecule has 0 fully saturated rings. The summed E-state index contributed by atoms with van der Waals surface area (Å²) in [5.41, 5.74) is 1.92. The second kappa shape index (κ2) is 10.5. The average molecular weight is 502 g/mol. The summed E-state index contributed by atoms with van der Waals surface area (Å²) < 4.78 is 96.6. The number of alkyl halides is 2. The Morgan fingerprint density at radius 1 is 1.00 bits per heavy atom. The van der Waals surface area contributed by atoms with E-state index in [4.69, 9.17) is 5.21 Å². The predicted octanol–water partition coefficient (Wildman–Crippen LogP) is 4.04. The predicted molar refractivity (Wildman–Crippen MR) is 112 cm³/mol. The zero-order valence-corrected chi connectivity index (χ0v) is 18.2. The molecule has 0 aromatic heterocycles. The van der Waals surface area contributed by atoms with Gasteiger partial charge in [-0.05, 0) is 41.8 Å². The monoisotopic (exact) mass is 502 g/mol. The third kappa shape index (κ3) is 5.34. The standard InChI is InChI=1S/C22H19F5N2O4S/c23-16-4-2-1-3-14(16)9-10-29(12-13-5-7-15(8-6-13)22(30)28-31)34(32,33)18-11-17(24)19(25)21(27)20(18)26/h1-8,11,20-21,31H,9-10,12H2,(H,28,30). The van der Waals surface area contributed by atoms with Gasteiger partial charge in [0.15, 0.2) is 24.0 Å². The van der Waals surface area contributed by atoms with Crippen molar-refractivity contribution in [2.45, 2.75) is 25.3 Å². The van der Waals surface area contributed by atoms with Crippen LogP contribution in [0.4, 0.5) is 22.0 Å². The summed E-state index contributed by atoms with van der Waals surface area (Å²) in [6, 6.07) is 10.8. The van der Waals surface area contributed by atoms with Crippen molar-refractivity contribution in [1.82, 2.24) is 9.79 Å². The van der Waals surface area contributed by atoms with Gasteiger partial charge in [0.25, 0.3) is 5.91 Å². The highest BCUT2D eigenvalue weighted by molar-refractivity contribution is 7.93. The van der Waals surface area contributed by atoms with Crippen molar-refractivity contribution in [2.75, 3.05) is 6.54 Å². The molecule has 0 saturated heterocycles. The van der Waals surface area contributed by atoms with Gasteiger partial charge in [-0.3, -0.25) is 10.0 Å². The fourth-order valence-corrected chi connectivity index (χ4v) is 4.91. The number of allylic oxidation sites excluding steroid dienone is 4. The fourth-order valence-electron chi connectivity index (χ4n) is 3.30. The Morgan fingerprint density at radius 2 is 1.65 bits per heavy atom. The molecule has 2 unspecified atom stereocenters. The van der Waals surface area contributed by atoms with E-state index in [2.05, 4.69) is 0 Å². The first-order chi connectivity index (χ1) is 16.1. The first-order valence-electron chi connectivity index (χ1n) is 9.88. The molecular weight excluding hydrogens is 483 g/mol.